The first-order valence-electron chi connectivity index (χ1n) is 7.80. The lowest BCUT2D eigenvalue weighted by molar-refractivity contribution is 0.0945. The SMILES string of the molecule is Cc1cccc(CNC(=O)c2ccc(Nc3cccc(Cl)c3)nn2)c1. The Morgan fingerprint density at radius 2 is 1.88 bits per heavy atom. The van der Waals surface area contributed by atoms with Crippen molar-refractivity contribution in [2.24, 2.45) is 0 Å². The number of halogens is 1. The number of nitrogens with zero attached hydrogens (tertiary/aromatic N) is 2. The van der Waals surface area contributed by atoms with Gasteiger partial charge in [-0.1, -0.05) is 47.5 Å². The Kier molecular flexibility index (Phi) is 5.26. The van der Waals surface area contributed by atoms with Gasteiger partial charge in [-0.2, -0.15) is 0 Å². The molecule has 0 saturated carbocycles. The van der Waals surface area contributed by atoms with Gasteiger partial charge in [0.25, 0.3) is 5.91 Å². The Labute approximate surface area is 151 Å². The normalized spacial score (nSPS) is 10.3. The quantitative estimate of drug-likeness (QED) is 0.725. The fourth-order valence-corrected chi connectivity index (χ4v) is 2.52. The van der Waals surface area contributed by atoms with Crippen LogP contribution in [0.4, 0.5) is 11.5 Å². The van der Waals surface area contributed by atoms with Gasteiger partial charge in [-0.15, -0.1) is 10.2 Å². The van der Waals surface area contributed by atoms with Gasteiger partial charge in [0.15, 0.2) is 11.5 Å². The van der Waals surface area contributed by atoms with E-state index in [4.69, 9.17) is 11.6 Å². The fraction of sp³-hybridized carbons (Fsp3) is 0.105. The Morgan fingerprint density at radius 1 is 1.04 bits per heavy atom. The van der Waals surface area contributed by atoms with E-state index in [2.05, 4.69) is 20.8 Å². The van der Waals surface area contributed by atoms with Crippen molar-refractivity contribution >= 4 is 29.0 Å². The van der Waals surface area contributed by atoms with Crippen LogP contribution in [-0.2, 0) is 6.54 Å². The maximum Gasteiger partial charge on any atom is 0.272 e. The van der Waals surface area contributed by atoms with E-state index in [-0.39, 0.29) is 11.6 Å². The molecule has 0 atom stereocenters. The largest absolute Gasteiger partial charge is 0.347 e. The molecule has 0 unspecified atom stereocenters. The second-order valence-electron chi connectivity index (χ2n) is 5.61. The molecule has 1 aromatic heterocycles. The zero-order chi connectivity index (χ0) is 17.6. The van der Waals surface area contributed by atoms with Crippen molar-refractivity contribution in [2.45, 2.75) is 13.5 Å². The highest BCUT2D eigenvalue weighted by Crippen LogP contribution is 2.18. The van der Waals surface area contributed by atoms with Crippen LogP contribution >= 0.6 is 11.6 Å². The molecule has 3 aromatic rings. The van der Waals surface area contributed by atoms with Crippen molar-refractivity contribution in [3.8, 4) is 0 Å². The first kappa shape index (κ1) is 16.9. The third-order valence-corrected chi connectivity index (χ3v) is 3.76. The highest BCUT2D eigenvalue weighted by molar-refractivity contribution is 6.30. The fourth-order valence-electron chi connectivity index (χ4n) is 2.33. The Morgan fingerprint density at radius 3 is 2.60 bits per heavy atom. The average molecular weight is 353 g/mol. The third-order valence-electron chi connectivity index (χ3n) is 3.53. The number of rotatable bonds is 5. The predicted octanol–water partition coefficient (Wildman–Crippen LogP) is 4.11. The molecule has 3 rings (SSSR count). The zero-order valence-electron chi connectivity index (χ0n) is 13.7. The van der Waals surface area contributed by atoms with Crippen LogP contribution in [-0.4, -0.2) is 16.1 Å². The number of aromatic nitrogens is 2. The van der Waals surface area contributed by atoms with Crippen LogP contribution in [0.3, 0.4) is 0 Å². The number of nitrogens with one attached hydrogen (secondary N) is 2. The topological polar surface area (TPSA) is 66.9 Å². The van der Waals surface area contributed by atoms with Crippen LogP contribution in [0.1, 0.15) is 21.6 Å². The molecule has 0 aliphatic heterocycles. The second kappa shape index (κ2) is 7.77. The van der Waals surface area contributed by atoms with Gasteiger partial charge in [-0.3, -0.25) is 4.79 Å². The first-order valence-corrected chi connectivity index (χ1v) is 8.18. The molecule has 6 heteroatoms. The Bertz CT molecular complexity index is 881. The minimum atomic E-state index is -0.261. The summed E-state index contributed by atoms with van der Waals surface area (Å²) in [5.74, 6) is 0.279. The van der Waals surface area contributed by atoms with Crippen LogP contribution in [0.5, 0.6) is 0 Å². The molecule has 0 fully saturated rings. The summed E-state index contributed by atoms with van der Waals surface area (Å²) >= 11 is 5.94. The van der Waals surface area contributed by atoms with Crippen LogP contribution in [0.2, 0.25) is 5.02 Å². The second-order valence-corrected chi connectivity index (χ2v) is 6.05. The van der Waals surface area contributed by atoms with E-state index in [1.165, 1.54) is 0 Å². The van der Waals surface area contributed by atoms with E-state index in [0.717, 1.165) is 16.8 Å². The van der Waals surface area contributed by atoms with Crippen LogP contribution in [0.15, 0.2) is 60.7 Å². The number of benzene rings is 2. The Balaban J connectivity index is 1.60. The van der Waals surface area contributed by atoms with Gasteiger partial charge >= 0.3 is 0 Å². The smallest absolute Gasteiger partial charge is 0.272 e. The summed E-state index contributed by atoms with van der Waals surface area (Å²) in [4.78, 5) is 12.2. The summed E-state index contributed by atoms with van der Waals surface area (Å²) in [6.45, 7) is 2.47. The minimum absolute atomic E-state index is 0.261. The highest BCUT2D eigenvalue weighted by Gasteiger charge is 2.08. The first-order chi connectivity index (χ1) is 12.1. The van der Waals surface area contributed by atoms with Crippen molar-refractivity contribution < 1.29 is 4.79 Å². The van der Waals surface area contributed by atoms with E-state index in [9.17, 15) is 4.79 Å². The molecule has 0 radical (unpaired) electrons. The number of anilines is 2. The lowest BCUT2D eigenvalue weighted by Gasteiger charge is -2.07. The summed E-state index contributed by atoms with van der Waals surface area (Å²) < 4.78 is 0. The molecule has 0 bridgehead atoms. The summed E-state index contributed by atoms with van der Waals surface area (Å²) in [5, 5.41) is 14.6. The summed E-state index contributed by atoms with van der Waals surface area (Å²) in [7, 11) is 0. The molecule has 0 aliphatic carbocycles. The molecule has 0 spiro atoms. The van der Waals surface area contributed by atoms with Crippen LogP contribution in [0, 0.1) is 6.92 Å². The molecule has 0 aliphatic rings. The number of amides is 1. The molecule has 2 N–H and O–H groups in total. The standard InChI is InChI=1S/C19H17ClN4O/c1-13-4-2-5-14(10-13)12-21-19(25)17-8-9-18(24-23-17)22-16-7-3-6-15(20)11-16/h2-11H,12H2,1H3,(H,21,25)(H,22,24). The third kappa shape index (κ3) is 4.78. The molecule has 1 heterocycles. The minimum Gasteiger partial charge on any atom is -0.347 e. The zero-order valence-corrected chi connectivity index (χ0v) is 14.4. The predicted molar refractivity (Wildman–Crippen MR) is 99.1 cm³/mol. The van der Waals surface area contributed by atoms with Crippen LogP contribution < -0.4 is 10.6 Å². The number of hydrogen-bond donors (Lipinski definition) is 2. The maximum absolute atomic E-state index is 12.2. The molecule has 126 valence electrons. The van der Waals surface area contributed by atoms with Gasteiger partial charge in [-0.25, -0.2) is 0 Å². The summed E-state index contributed by atoms with van der Waals surface area (Å²) in [5.41, 5.74) is 3.27. The average Bonchev–Trinajstić information content (AvgIpc) is 2.60. The number of carbonyl (C=O) groups excluding carboxylic acids is 1. The van der Waals surface area contributed by atoms with Gasteiger partial charge in [0, 0.05) is 17.3 Å². The van der Waals surface area contributed by atoms with E-state index in [0.29, 0.717) is 17.4 Å². The van der Waals surface area contributed by atoms with E-state index in [1.807, 2.05) is 43.3 Å². The molecular formula is C19H17ClN4O. The van der Waals surface area contributed by atoms with Crippen molar-refractivity contribution in [1.82, 2.24) is 15.5 Å². The van der Waals surface area contributed by atoms with Gasteiger partial charge in [-0.05, 0) is 42.8 Å². The van der Waals surface area contributed by atoms with Gasteiger partial charge < -0.3 is 10.6 Å². The van der Waals surface area contributed by atoms with Gasteiger partial charge in [0.05, 0.1) is 0 Å². The lowest BCUT2D eigenvalue weighted by atomic mass is 10.1. The molecule has 1 amide bonds. The van der Waals surface area contributed by atoms with Crippen molar-refractivity contribution in [3.63, 3.8) is 0 Å². The van der Waals surface area contributed by atoms with E-state index >= 15 is 0 Å². The summed E-state index contributed by atoms with van der Waals surface area (Å²) in [6, 6.07) is 18.6. The van der Waals surface area contributed by atoms with Crippen molar-refractivity contribution in [3.05, 3.63) is 82.5 Å². The molecule has 5 nitrogen and oxygen atoms in total. The monoisotopic (exact) mass is 352 g/mol. The highest BCUT2D eigenvalue weighted by atomic mass is 35.5. The molecule has 25 heavy (non-hydrogen) atoms. The lowest BCUT2D eigenvalue weighted by Crippen LogP contribution is -2.24. The number of hydrogen-bond acceptors (Lipinski definition) is 4. The van der Waals surface area contributed by atoms with Crippen molar-refractivity contribution in [1.29, 1.82) is 0 Å². The molecule has 2 aromatic carbocycles. The maximum atomic E-state index is 12.2. The molecular weight excluding hydrogens is 336 g/mol. The van der Waals surface area contributed by atoms with Crippen molar-refractivity contribution in [2.75, 3.05) is 5.32 Å². The number of aryl methyl sites for hydroxylation is 1. The van der Waals surface area contributed by atoms with Crippen LogP contribution in [0.25, 0.3) is 0 Å². The Hall–Kier alpha value is -2.92. The van der Waals surface area contributed by atoms with Gasteiger partial charge in [0.2, 0.25) is 0 Å². The summed E-state index contributed by atoms with van der Waals surface area (Å²) in [6.07, 6.45) is 0. The number of carbonyl (C=O) groups is 1. The van der Waals surface area contributed by atoms with E-state index in [1.54, 1.807) is 24.3 Å². The molecule has 0 saturated heterocycles. The van der Waals surface area contributed by atoms with E-state index < -0.39 is 0 Å². The van der Waals surface area contributed by atoms with Gasteiger partial charge in [0.1, 0.15) is 0 Å².